The van der Waals surface area contributed by atoms with Crippen LogP contribution in [0.4, 0.5) is 8.78 Å². The second-order valence-electron chi connectivity index (χ2n) is 4.83. The van der Waals surface area contributed by atoms with Gasteiger partial charge in [0.2, 0.25) is 5.88 Å². The molecule has 0 atom stereocenters. The third kappa shape index (κ3) is 3.77. The first-order chi connectivity index (χ1) is 12.1. The number of aldehydes is 1. The van der Waals surface area contributed by atoms with Crippen LogP contribution in [-0.4, -0.2) is 31.5 Å². The number of alkyl halides is 2. The summed E-state index contributed by atoms with van der Waals surface area (Å²) in [5.41, 5.74) is 0.760. The zero-order valence-corrected chi connectivity index (χ0v) is 13.3. The topological polar surface area (TPSA) is 82.8 Å². The molecular formula is C15H10ClF2N5O2. The van der Waals surface area contributed by atoms with E-state index >= 15 is 0 Å². The molecule has 0 aliphatic heterocycles. The lowest BCUT2D eigenvalue weighted by molar-refractivity contribution is 0.111. The molecule has 128 valence electrons. The van der Waals surface area contributed by atoms with Crippen LogP contribution in [0.3, 0.4) is 0 Å². The van der Waals surface area contributed by atoms with Crippen molar-refractivity contribution in [2.45, 2.75) is 13.0 Å². The highest BCUT2D eigenvalue weighted by Crippen LogP contribution is 2.21. The fourth-order valence-electron chi connectivity index (χ4n) is 2.03. The van der Waals surface area contributed by atoms with Gasteiger partial charge in [0, 0.05) is 11.6 Å². The number of carbonyl (C=O) groups excluding carboxylic acids is 1. The van der Waals surface area contributed by atoms with Gasteiger partial charge in [-0.2, -0.15) is 0 Å². The van der Waals surface area contributed by atoms with E-state index in [9.17, 15) is 13.6 Å². The lowest BCUT2D eigenvalue weighted by atomic mass is 10.2. The predicted molar refractivity (Wildman–Crippen MR) is 83.1 cm³/mol. The summed E-state index contributed by atoms with van der Waals surface area (Å²) in [6.07, 6.45) is -2.04. The van der Waals surface area contributed by atoms with Gasteiger partial charge in [0.1, 0.15) is 12.3 Å². The minimum atomic E-state index is -2.57. The number of rotatable bonds is 6. The van der Waals surface area contributed by atoms with Crippen LogP contribution in [0, 0.1) is 0 Å². The van der Waals surface area contributed by atoms with E-state index in [0.717, 1.165) is 0 Å². The average Bonchev–Trinajstić information content (AvgIpc) is 3.04. The van der Waals surface area contributed by atoms with E-state index in [-0.39, 0.29) is 28.9 Å². The van der Waals surface area contributed by atoms with Crippen LogP contribution in [0.15, 0.2) is 36.4 Å². The smallest absolute Gasteiger partial charge is 0.263 e. The number of benzene rings is 1. The molecule has 0 spiro atoms. The highest BCUT2D eigenvalue weighted by Gasteiger charge is 2.16. The van der Waals surface area contributed by atoms with E-state index < -0.39 is 6.43 Å². The Bertz CT molecular complexity index is 869. The van der Waals surface area contributed by atoms with Gasteiger partial charge in [0.05, 0.1) is 5.69 Å². The van der Waals surface area contributed by atoms with Crippen LogP contribution in [0.25, 0.3) is 5.69 Å². The van der Waals surface area contributed by atoms with Crippen LogP contribution in [0.1, 0.15) is 28.2 Å². The van der Waals surface area contributed by atoms with Crippen molar-refractivity contribution in [2.24, 2.45) is 0 Å². The Labute approximate surface area is 145 Å². The van der Waals surface area contributed by atoms with Crippen molar-refractivity contribution in [3.63, 3.8) is 0 Å². The molecule has 3 aromatic rings. The number of hydrogen-bond donors (Lipinski definition) is 0. The first-order valence-electron chi connectivity index (χ1n) is 6.98. The lowest BCUT2D eigenvalue weighted by Gasteiger charge is -2.09. The Kier molecular flexibility index (Phi) is 4.94. The Morgan fingerprint density at radius 3 is 2.48 bits per heavy atom. The number of carbonyl (C=O) groups is 1. The third-order valence-corrected chi connectivity index (χ3v) is 3.46. The molecule has 2 aromatic heterocycles. The molecule has 0 N–H and O–H groups in total. The van der Waals surface area contributed by atoms with Crippen molar-refractivity contribution in [1.29, 1.82) is 0 Å². The van der Waals surface area contributed by atoms with Gasteiger partial charge in [-0.25, -0.2) is 13.5 Å². The third-order valence-electron chi connectivity index (χ3n) is 3.26. The Balaban J connectivity index is 1.86. The zero-order valence-electron chi connectivity index (χ0n) is 12.5. The molecule has 0 aliphatic rings. The number of halogens is 3. The maximum absolute atomic E-state index is 12.7. The van der Waals surface area contributed by atoms with Gasteiger partial charge in [0.25, 0.3) is 6.43 Å². The fourth-order valence-corrected chi connectivity index (χ4v) is 2.13. The predicted octanol–water partition coefficient (Wildman–Crippen LogP) is 3.04. The molecule has 0 saturated carbocycles. The van der Waals surface area contributed by atoms with Crippen LogP contribution in [0.5, 0.6) is 5.88 Å². The van der Waals surface area contributed by atoms with E-state index in [0.29, 0.717) is 17.7 Å². The van der Waals surface area contributed by atoms with Gasteiger partial charge in [-0.3, -0.25) is 4.79 Å². The molecule has 3 rings (SSSR count). The molecule has 1 aromatic carbocycles. The lowest BCUT2D eigenvalue weighted by Crippen LogP contribution is -2.08. The molecule has 0 saturated heterocycles. The van der Waals surface area contributed by atoms with Gasteiger partial charge in [-0.05, 0) is 18.2 Å². The second kappa shape index (κ2) is 7.31. The molecule has 0 radical (unpaired) electrons. The molecule has 0 bridgehead atoms. The standard InChI is InChI=1S/C15H10ClF2N5O2/c16-13-5-6-14(21-20-13)25-8-12-11(7-24)19-22-23(12)10-3-1-9(2-4-10)15(17)18/h1-7,15H,8H2. The fraction of sp³-hybridized carbons (Fsp3) is 0.133. The second-order valence-corrected chi connectivity index (χ2v) is 5.21. The number of aromatic nitrogens is 5. The molecular weight excluding hydrogens is 356 g/mol. The molecule has 10 heteroatoms. The highest BCUT2D eigenvalue weighted by atomic mass is 35.5. The van der Waals surface area contributed by atoms with Gasteiger partial charge < -0.3 is 4.74 Å². The largest absolute Gasteiger partial charge is 0.470 e. The summed E-state index contributed by atoms with van der Waals surface area (Å²) in [5, 5.41) is 15.2. The van der Waals surface area contributed by atoms with Gasteiger partial charge >= 0.3 is 0 Å². The molecule has 0 unspecified atom stereocenters. The van der Waals surface area contributed by atoms with E-state index in [4.69, 9.17) is 16.3 Å². The van der Waals surface area contributed by atoms with Crippen LogP contribution >= 0.6 is 11.6 Å². The minimum absolute atomic E-state index is 0.0693. The monoisotopic (exact) mass is 365 g/mol. The van der Waals surface area contributed by atoms with E-state index in [1.165, 1.54) is 41.1 Å². The first-order valence-corrected chi connectivity index (χ1v) is 7.36. The normalized spacial score (nSPS) is 10.9. The molecule has 25 heavy (non-hydrogen) atoms. The quantitative estimate of drug-likeness (QED) is 0.624. The Morgan fingerprint density at radius 1 is 1.12 bits per heavy atom. The number of nitrogens with zero attached hydrogens (tertiary/aromatic N) is 5. The molecule has 0 aliphatic carbocycles. The van der Waals surface area contributed by atoms with Crippen molar-refractivity contribution in [1.82, 2.24) is 25.2 Å². The summed E-state index contributed by atoms with van der Waals surface area (Å²) >= 11 is 5.65. The minimum Gasteiger partial charge on any atom is -0.470 e. The van der Waals surface area contributed by atoms with Crippen molar-refractivity contribution < 1.29 is 18.3 Å². The maximum atomic E-state index is 12.7. The van der Waals surface area contributed by atoms with Crippen LogP contribution < -0.4 is 4.74 Å². The average molecular weight is 366 g/mol. The van der Waals surface area contributed by atoms with Crippen molar-refractivity contribution in [3.05, 3.63) is 58.5 Å². The van der Waals surface area contributed by atoms with Crippen molar-refractivity contribution >= 4 is 17.9 Å². The van der Waals surface area contributed by atoms with Gasteiger partial charge in [0.15, 0.2) is 17.1 Å². The summed E-state index contributed by atoms with van der Waals surface area (Å²) in [6.45, 7) is -0.0754. The summed E-state index contributed by atoms with van der Waals surface area (Å²) in [6, 6.07) is 8.48. The van der Waals surface area contributed by atoms with Crippen molar-refractivity contribution in [3.8, 4) is 11.6 Å². The van der Waals surface area contributed by atoms with Gasteiger partial charge in [-0.15, -0.1) is 15.3 Å². The van der Waals surface area contributed by atoms with E-state index in [2.05, 4.69) is 20.5 Å². The maximum Gasteiger partial charge on any atom is 0.263 e. The first kappa shape index (κ1) is 16.9. The molecule has 0 fully saturated rings. The van der Waals surface area contributed by atoms with Crippen molar-refractivity contribution in [2.75, 3.05) is 0 Å². The highest BCUT2D eigenvalue weighted by molar-refractivity contribution is 6.29. The Hall–Kier alpha value is -2.94. The zero-order chi connectivity index (χ0) is 17.8. The summed E-state index contributed by atoms with van der Waals surface area (Å²) in [4.78, 5) is 11.2. The summed E-state index contributed by atoms with van der Waals surface area (Å²) < 4.78 is 32.1. The van der Waals surface area contributed by atoms with Crippen LogP contribution in [-0.2, 0) is 6.61 Å². The van der Waals surface area contributed by atoms with Gasteiger partial charge in [-0.1, -0.05) is 28.9 Å². The molecule has 7 nitrogen and oxygen atoms in total. The Morgan fingerprint density at radius 2 is 1.88 bits per heavy atom. The van der Waals surface area contributed by atoms with Crippen LogP contribution in [0.2, 0.25) is 5.15 Å². The molecule has 0 amide bonds. The molecule has 2 heterocycles. The summed E-state index contributed by atoms with van der Waals surface area (Å²) in [7, 11) is 0. The number of ether oxygens (including phenoxy) is 1. The van der Waals surface area contributed by atoms with E-state index in [1.807, 2.05) is 0 Å². The van der Waals surface area contributed by atoms with E-state index in [1.54, 1.807) is 0 Å². The number of hydrogen-bond acceptors (Lipinski definition) is 6. The summed E-state index contributed by atoms with van der Waals surface area (Å²) in [5.74, 6) is 0.196. The SMILES string of the molecule is O=Cc1nnn(-c2ccc(C(F)F)cc2)c1COc1ccc(Cl)nn1.